The van der Waals surface area contributed by atoms with Crippen LogP contribution in [-0.4, -0.2) is 82.0 Å². The van der Waals surface area contributed by atoms with E-state index < -0.39 is 30.2 Å². The number of hydrazine groups is 2. The van der Waals surface area contributed by atoms with Crippen molar-refractivity contribution in [1.82, 2.24) is 20.5 Å². The van der Waals surface area contributed by atoms with Gasteiger partial charge >= 0.3 is 11.9 Å². The molecule has 1 fully saturated rings. The summed E-state index contributed by atoms with van der Waals surface area (Å²) < 4.78 is 15.5. The van der Waals surface area contributed by atoms with Gasteiger partial charge in [0.25, 0.3) is 0 Å². The van der Waals surface area contributed by atoms with Gasteiger partial charge in [0.1, 0.15) is 23.8 Å². The fourth-order valence-electron chi connectivity index (χ4n) is 3.68. The summed E-state index contributed by atoms with van der Waals surface area (Å²) in [6, 6.07) is -0.668. The van der Waals surface area contributed by atoms with E-state index in [-0.39, 0.29) is 29.4 Å². The van der Waals surface area contributed by atoms with E-state index in [0.29, 0.717) is 24.1 Å². The van der Waals surface area contributed by atoms with Gasteiger partial charge in [-0.15, -0.1) is 41.5 Å². The van der Waals surface area contributed by atoms with Crippen molar-refractivity contribution in [2.24, 2.45) is 16.1 Å². The lowest BCUT2D eigenvalue weighted by molar-refractivity contribution is -0.173. The molecule has 4 rings (SSSR count). The molecule has 0 radical (unpaired) electrons. The van der Waals surface area contributed by atoms with E-state index in [1.165, 1.54) is 28.4 Å². The minimum Gasteiger partial charge on any atom is -0.427 e. The van der Waals surface area contributed by atoms with Crippen LogP contribution in [0.5, 0.6) is 0 Å². The van der Waals surface area contributed by atoms with Gasteiger partial charge in [0.15, 0.2) is 5.82 Å². The largest absolute Gasteiger partial charge is 0.427 e. The summed E-state index contributed by atoms with van der Waals surface area (Å²) in [6.45, 7) is 6.81. The molecule has 0 aromatic carbocycles. The van der Waals surface area contributed by atoms with E-state index in [1.54, 1.807) is 32.9 Å². The number of allylic oxidation sites excluding steroid dienone is 1. The number of β-lactam (4-membered cyclic amide) rings is 1. The molecule has 0 bridgehead atoms. The standard InChI is InChI=1S/C22H30N6O6S2.ClH/c1-12-6-15(28-14(24-12)7-26(25-28)10-32-5)35-8-13-9-36-19-16(23)18(29)27(19)17(13)20(30)33-11-34-21(31)22(2,3)4;/h6-7,16,19,25H,8-11,23H2,1-5H3;1H/t16?,19-;/m1./s1. The van der Waals surface area contributed by atoms with Gasteiger partial charge in [0, 0.05) is 24.3 Å². The molecular formula is C22H31ClN6O6S2. The van der Waals surface area contributed by atoms with Crippen LogP contribution < -0.4 is 11.3 Å². The van der Waals surface area contributed by atoms with Gasteiger partial charge in [-0.3, -0.25) is 19.5 Å². The summed E-state index contributed by atoms with van der Waals surface area (Å²) in [5, 5.41) is 4.12. The Balaban J connectivity index is 0.00000380. The number of rotatable bonds is 8. The van der Waals surface area contributed by atoms with Crippen LogP contribution in [0.3, 0.4) is 0 Å². The molecular weight excluding hydrogens is 544 g/mol. The third-order valence-corrected chi connectivity index (χ3v) is 7.96. The van der Waals surface area contributed by atoms with Crippen LogP contribution in [0.15, 0.2) is 39.4 Å². The highest BCUT2D eigenvalue weighted by Crippen LogP contribution is 2.42. The van der Waals surface area contributed by atoms with Crippen LogP contribution in [0.25, 0.3) is 0 Å². The number of hydrogen-bond acceptors (Lipinski definition) is 13. The summed E-state index contributed by atoms with van der Waals surface area (Å²) in [6.07, 6.45) is 3.77. The number of ether oxygens (including phenoxy) is 3. The number of nitrogens with two attached hydrogens (primary N) is 1. The minimum absolute atomic E-state index is 0. The quantitative estimate of drug-likeness (QED) is 0.246. The Labute approximate surface area is 230 Å². The Kier molecular flexibility index (Phi) is 9.24. The Morgan fingerprint density at radius 1 is 1.32 bits per heavy atom. The van der Waals surface area contributed by atoms with Crippen molar-refractivity contribution in [1.29, 1.82) is 0 Å². The maximum Gasteiger partial charge on any atom is 0.357 e. The molecule has 4 aliphatic rings. The summed E-state index contributed by atoms with van der Waals surface area (Å²) in [7, 11) is 1.60. The lowest BCUT2D eigenvalue weighted by Crippen LogP contribution is -2.68. The molecule has 204 valence electrons. The Hall–Kier alpha value is -2.23. The molecule has 1 amide bonds. The molecule has 12 nitrogen and oxygen atoms in total. The van der Waals surface area contributed by atoms with Crippen LogP contribution in [0, 0.1) is 5.41 Å². The molecule has 0 aromatic heterocycles. The van der Waals surface area contributed by atoms with Crippen molar-refractivity contribution in [3.05, 3.63) is 34.4 Å². The van der Waals surface area contributed by atoms with Crippen molar-refractivity contribution in [3.8, 4) is 0 Å². The molecule has 0 saturated carbocycles. The predicted octanol–water partition coefficient (Wildman–Crippen LogP) is 1.48. The first-order chi connectivity index (χ1) is 17.0. The lowest BCUT2D eigenvalue weighted by Gasteiger charge is -2.48. The van der Waals surface area contributed by atoms with Crippen molar-refractivity contribution in [2.45, 2.75) is 39.1 Å². The Morgan fingerprint density at radius 2 is 2.05 bits per heavy atom. The highest BCUT2D eigenvalue weighted by atomic mass is 35.5. The number of carbonyl (C=O) groups excluding carboxylic acids is 3. The van der Waals surface area contributed by atoms with Gasteiger partial charge in [-0.2, -0.15) is 0 Å². The SMILES string of the molecule is COCN1C=C2N=C(C)C=C(SCC3=C(C(=O)OCOC(=O)C(C)(C)C)N4C(=O)C(N)[C@H]4SC3)N2N1.Cl. The first-order valence-corrected chi connectivity index (χ1v) is 13.2. The summed E-state index contributed by atoms with van der Waals surface area (Å²) >= 11 is 3.00. The molecule has 1 saturated heterocycles. The molecule has 37 heavy (non-hydrogen) atoms. The Morgan fingerprint density at radius 3 is 2.73 bits per heavy atom. The number of nitrogens with zero attached hydrogens (tertiary/aromatic N) is 4. The smallest absolute Gasteiger partial charge is 0.357 e. The Bertz CT molecular complexity index is 1090. The highest BCUT2D eigenvalue weighted by molar-refractivity contribution is 8.03. The van der Waals surface area contributed by atoms with Crippen LogP contribution in [0.4, 0.5) is 0 Å². The number of nitrogens with one attached hydrogen (secondary N) is 1. The number of esters is 2. The third kappa shape index (κ3) is 6.10. The second-order valence-corrected chi connectivity index (χ2v) is 11.6. The average molecular weight is 575 g/mol. The molecule has 2 atom stereocenters. The normalized spacial score (nSPS) is 22.8. The molecule has 3 N–H and O–H groups in total. The van der Waals surface area contributed by atoms with Gasteiger partial charge in [-0.05, 0) is 39.3 Å². The summed E-state index contributed by atoms with van der Waals surface area (Å²) in [5.74, 6) is 0.0814. The topological polar surface area (TPSA) is 139 Å². The van der Waals surface area contributed by atoms with Gasteiger partial charge in [0.2, 0.25) is 12.7 Å². The number of fused-ring (bicyclic) bond motifs is 2. The van der Waals surface area contributed by atoms with E-state index in [2.05, 4.69) is 10.5 Å². The third-order valence-electron chi connectivity index (χ3n) is 5.51. The summed E-state index contributed by atoms with van der Waals surface area (Å²) in [4.78, 5) is 43.6. The van der Waals surface area contributed by atoms with E-state index in [4.69, 9.17) is 19.9 Å². The first kappa shape index (κ1) is 29.3. The first-order valence-electron chi connectivity index (χ1n) is 11.2. The zero-order chi connectivity index (χ0) is 26.2. The second kappa shape index (κ2) is 11.7. The van der Waals surface area contributed by atoms with Crippen LogP contribution >= 0.6 is 35.9 Å². The van der Waals surface area contributed by atoms with Gasteiger partial charge in [-0.25, -0.2) is 14.8 Å². The maximum atomic E-state index is 13.1. The molecule has 0 aromatic rings. The fraction of sp³-hybridized carbons (Fsp3) is 0.545. The van der Waals surface area contributed by atoms with E-state index >= 15 is 0 Å². The number of carbonyl (C=O) groups is 3. The zero-order valence-corrected chi connectivity index (χ0v) is 23.6. The monoisotopic (exact) mass is 574 g/mol. The second-order valence-electron chi connectivity index (χ2n) is 9.45. The van der Waals surface area contributed by atoms with Crippen LogP contribution in [0.2, 0.25) is 0 Å². The van der Waals surface area contributed by atoms with Crippen molar-refractivity contribution >= 4 is 59.5 Å². The highest BCUT2D eigenvalue weighted by Gasteiger charge is 2.52. The van der Waals surface area contributed by atoms with Crippen LogP contribution in [-0.2, 0) is 28.6 Å². The molecule has 4 aliphatic heterocycles. The van der Waals surface area contributed by atoms with Crippen molar-refractivity contribution in [3.63, 3.8) is 0 Å². The van der Waals surface area contributed by atoms with Crippen molar-refractivity contribution < 1.29 is 28.6 Å². The number of halogens is 1. The van der Waals surface area contributed by atoms with Gasteiger partial charge < -0.3 is 19.9 Å². The lowest BCUT2D eigenvalue weighted by atomic mass is 9.98. The van der Waals surface area contributed by atoms with E-state index in [1.807, 2.05) is 24.2 Å². The van der Waals surface area contributed by atoms with E-state index in [0.717, 1.165) is 16.3 Å². The molecule has 0 spiro atoms. The number of methoxy groups -OCH3 is 1. The van der Waals surface area contributed by atoms with E-state index in [9.17, 15) is 14.4 Å². The fourth-order valence-corrected chi connectivity index (χ4v) is 6.18. The summed E-state index contributed by atoms with van der Waals surface area (Å²) in [5.41, 5.74) is 10.1. The van der Waals surface area contributed by atoms with Crippen molar-refractivity contribution in [2.75, 3.05) is 32.1 Å². The molecule has 4 heterocycles. The number of thioether (sulfide) groups is 2. The minimum atomic E-state index is -0.731. The predicted molar refractivity (Wildman–Crippen MR) is 142 cm³/mol. The maximum absolute atomic E-state index is 13.1. The number of aliphatic imine (C=N–C) groups is 1. The van der Waals surface area contributed by atoms with Gasteiger partial charge in [0.05, 0.1) is 16.6 Å². The zero-order valence-electron chi connectivity index (χ0n) is 21.2. The number of amides is 1. The number of hydrogen-bond donors (Lipinski definition) is 2. The van der Waals surface area contributed by atoms with Crippen LogP contribution in [0.1, 0.15) is 27.7 Å². The average Bonchev–Trinajstić information content (AvgIpc) is 3.23. The molecule has 15 heteroatoms. The molecule has 0 aliphatic carbocycles. The van der Waals surface area contributed by atoms with Gasteiger partial charge in [-0.1, -0.05) is 0 Å². The molecule has 1 unspecified atom stereocenters.